The zero-order valence-corrected chi connectivity index (χ0v) is 10.3. The average molecular weight is 254 g/mol. The first kappa shape index (κ1) is 12.2. The molecule has 5 heteroatoms. The van der Waals surface area contributed by atoms with Crippen molar-refractivity contribution in [2.45, 2.75) is 25.5 Å². The third kappa shape index (κ3) is 2.70. The Hall–Kier alpha value is -1.26. The minimum atomic E-state index is 0.00198. The molecule has 4 nitrogen and oxygen atoms in total. The van der Waals surface area contributed by atoms with Crippen molar-refractivity contribution < 1.29 is 4.74 Å². The molecule has 1 atom stereocenters. The van der Waals surface area contributed by atoms with Crippen molar-refractivity contribution >= 4 is 29.2 Å². The molecule has 0 saturated carbocycles. The predicted molar refractivity (Wildman–Crippen MR) is 71.0 cm³/mol. The van der Waals surface area contributed by atoms with Crippen LogP contribution in [0.4, 0.5) is 11.4 Å². The van der Waals surface area contributed by atoms with E-state index >= 15 is 0 Å². The van der Waals surface area contributed by atoms with Gasteiger partial charge in [0.15, 0.2) is 0 Å². The maximum atomic E-state index is 7.39. The van der Waals surface area contributed by atoms with Crippen LogP contribution in [0.25, 0.3) is 0 Å². The van der Waals surface area contributed by atoms with Crippen molar-refractivity contribution in [3.63, 3.8) is 0 Å². The molecule has 0 bridgehead atoms. The van der Waals surface area contributed by atoms with Crippen LogP contribution in [0.2, 0.25) is 5.02 Å². The molecule has 0 aliphatic carbocycles. The molecule has 1 aromatic rings. The van der Waals surface area contributed by atoms with E-state index in [4.69, 9.17) is 27.5 Å². The fourth-order valence-corrected chi connectivity index (χ4v) is 2.12. The van der Waals surface area contributed by atoms with Crippen LogP contribution in [-0.4, -0.2) is 19.0 Å². The Bertz CT molecular complexity index is 416. The molecule has 1 aliphatic rings. The summed E-state index contributed by atoms with van der Waals surface area (Å²) in [7, 11) is 0. The van der Waals surface area contributed by atoms with E-state index in [1.54, 1.807) is 6.07 Å². The summed E-state index contributed by atoms with van der Waals surface area (Å²) in [5.74, 6) is 0. The van der Waals surface area contributed by atoms with E-state index in [0.717, 1.165) is 31.6 Å². The van der Waals surface area contributed by atoms with Crippen molar-refractivity contribution in [2.75, 3.05) is 17.7 Å². The fraction of sp³-hybridized carbons (Fsp3) is 0.417. The summed E-state index contributed by atoms with van der Waals surface area (Å²) in [5.41, 5.74) is 7.60. The SMILES string of the molecule is N=Cc1c(NC2CCCCO2)ccc(N)c1Cl. The minimum absolute atomic E-state index is 0.00198. The van der Waals surface area contributed by atoms with Crippen molar-refractivity contribution in [1.29, 1.82) is 5.41 Å². The van der Waals surface area contributed by atoms with Gasteiger partial charge in [0, 0.05) is 24.1 Å². The quantitative estimate of drug-likeness (QED) is 0.573. The lowest BCUT2D eigenvalue weighted by Gasteiger charge is -2.25. The van der Waals surface area contributed by atoms with Gasteiger partial charge in [-0.2, -0.15) is 0 Å². The molecule has 1 heterocycles. The molecule has 17 heavy (non-hydrogen) atoms. The molecule has 1 aliphatic heterocycles. The Balaban J connectivity index is 2.19. The summed E-state index contributed by atoms with van der Waals surface area (Å²) in [6.45, 7) is 0.778. The van der Waals surface area contributed by atoms with Gasteiger partial charge >= 0.3 is 0 Å². The highest BCUT2D eigenvalue weighted by atomic mass is 35.5. The topological polar surface area (TPSA) is 71.1 Å². The second-order valence-corrected chi connectivity index (χ2v) is 4.45. The molecular formula is C12H16ClN3O. The number of ether oxygens (including phenoxy) is 1. The van der Waals surface area contributed by atoms with Gasteiger partial charge in [-0.1, -0.05) is 11.6 Å². The molecule has 1 saturated heterocycles. The van der Waals surface area contributed by atoms with Crippen LogP contribution in [0, 0.1) is 5.41 Å². The zero-order chi connectivity index (χ0) is 12.3. The second-order valence-electron chi connectivity index (χ2n) is 4.07. The normalized spacial score (nSPS) is 19.9. The summed E-state index contributed by atoms with van der Waals surface area (Å²) in [6, 6.07) is 3.57. The van der Waals surface area contributed by atoms with Gasteiger partial charge in [-0.3, -0.25) is 0 Å². The highest BCUT2D eigenvalue weighted by molar-refractivity contribution is 6.36. The van der Waals surface area contributed by atoms with Crippen molar-refractivity contribution in [2.24, 2.45) is 0 Å². The van der Waals surface area contributed by atoms with Crippen LogP contribution >= 0.6 is 11.6 Å². The zero-order valence-electron chi connectivity index (χ0n) is 9.50. The van der Waals surface area contributed by atoms with Gasteiger partial charge in [0.05, 0.1) is 10.7 Å². The molecule has 0 amide bonds. The number of nitrogens with two attached hydrogens (primary N) is 1. The van der Waals surface area contributed by atoms with Crippen LogP contribution in [0.5, 0.6) is 0 Å². The van der Waals surface area contributed by atoms with Crippen LogP contribution < -0.4 is 11.1 Å². The molecular weight excluding hydrogens is 238 g/mol. The summed E-state index contributed by atoms with van der Waals surface area (Å²) < 4.78 is 5.59. The van der Waals surface area contributed by atoms with E-state index in [2.05, 4.69) is 5.32 Å². The van der Waals surface area contributed by atoms with E-state index in [9.17, 15) is 0 Å². The molecule has 1 aromatic carbocycles. The number of anilines is 2. The van der Waals surface area contributed by atoms with Crippen LogP contribution in [-0.2, 0) is 4.74 Å². The van der Waals surface area contributed by atoms with Gasteiger partial charge in [-0.15, -0.1) is 0 Å². The lowest BCUT2D eigenvalue weighted by Crippen LogP contribution is -2.27. The van der Waals surface area contributed by atoms with E-state index in [0.29, 0.717) is 16.3 Å². The molecule has 0 aromatic heterocycles. The van der Waals surface area contributed by atoms with Gasteiger partial charge in [0.2, 0.25) is 0 Å². The Morgan fingerprint density at radius 3 is 2.94 bits per heavy atom. The predicted octanol–water partition coefficient (Wildman–Crippen LogP) is 2.86. The molecule has 4 N–H and O–H groups in total. The smallest absolute Gasteiger partial charge is 0.127 e. The molecule has 1 fully saturated rings. The van der Waals surface area contributed by atoms with E-state index in [-0.39, 0.29) is 6.23 Å². The lowest BCUT2D eigenvalue weighted by molar-refractivity contribution is 0.0343. The number of nitrogens with one attached hydrogen (secondary N) is 2. The fourth-order valence-electron chi connectivity index (χ4n) is 1.90. The van der Waals surface area contributed by atoms with Crippen LogP contribution in [0.15, 0.2) is 12.1 Å². The van der Waals surface area contributed by atoms with Crippen molar-refractivity contribution in [3.8, 4) is 0 Å². The van der Waals surface area contributed by atoms with Gasteiger partial charge in [0.25, 0.3) is 0 Å². The third-order valence-electron chi connectivity index (χ3n) is 2.85. The van der Waals surface area contributed by atoms with E-state index in [1.165, 1.54) is 6.21 Å². The maximum Gasteiger partial charge on any atom is 0.127 e. The first-order valence-electron chi connectivity index (χ1n) is 5.69. The largest absolute Gasteiger partial charge is 0.398 e. The number of hydrogen-bond acceptors (Lipinski definition) is 4. The Morgan fingerprint density at radius 1 is 1.47 bits per heavy atom. The number of rotatable bonds is 3. The first-order valence-corrected chi connectivity index (χ1v) is 6.06. The number of halogens is 1. The van der Waals surface area contributed by atoms with Gasteiger partial charge in [0.1, 0.15) is 6.23 Å². The monoisotopic (exact) mass is 253 g/mol. The second kappa shape index (κ2) is 5.38. The van der Waals surface area contributed by atoms with Crippen LogP contribution in [0.3, 0.4) is 0 Å². The standard InChI is InChI=1S/C12H16ClN3O/c13-12-8(7-14)10(5-4-9(12)15)16-11-3-1-2-6-17-11/h4-5,7,11,14,16H,1-3,6,15H2. The summed E-state index contributed by atoms with van der Waals surface area (Å²) in [6.07, 6.45) is 4.45. The molecule has 1 unspecified atom stereocenters. The Kier molecular flexibility index (Phi) is 3.86. The van der Waals surface area contributed by atoms with Crippen molar-refractivity contribution in [3.05, 3.63) is 22.7 Å². The van der Waals surface area contributed by atoms with Gasteiger partial charge in [-0.25, -0.2) is 0 Å². The van der Waals surface area contributed by atoms with Crippen molar-refractivity contribution in [1.82, 2.24) is 0 Å². The van der Waals surface area contributed by atoms with E-state index < -0.39 is 0 Å². The molecule has 0 radical (unpaired) electrons. The minimum Gasteiger partial charge on any atom is -0.398 e. The average Bonchev–Trinajstić information content (AvgIpc) is 2.36. The lowest BCUT2D eigenvalue weighted by atomic mass is 10.1. The number of hydrogen-bond donors (Lipinski definition) is 3. The third-order valence-corrected chi connectivity index (χ3v) is 3.27. The number of nitrogen functional groups attached to an aromatic ring is 1. The Labute approximate surface area is 106 Å². The summed E-state index contributed by atoms with van der Waals surface area (Å²) in [5, 5.41) is 11.1. The molecule has 92 valence electrons. The number of benzene rings is 1. The van der Waals surface area contributed by atoms with E-state index in [1.807, 2.05) is 6.07 Å². The Morgan fingerprint density at radius 2 is 2.29 bits per heavy atom. The highest BCUT2D eigenvalue weighted by Gasteiger charge is 2.16. The van der Waals surface area contributed by atoms with Gasteiger partial charge in [-0.05, 0) is 31.4 Å². The molecule has 2 rings (SSSR count). The first-order chi connectivity index (χ1) is 8.22. The summed E-state index contributed by atoms with van der Waals surface area (Å²) >= 11 is 6.06. The highest BCUT2D eigenvalue weighted by Crippen LogP contribution is 2.29. The summed E-state index contributed by atoms with van der Waals surface area (Å²) in [4.78, 5) is 0. The molecule has 0 spiro atoms. The van der Waals surface area contributed by atoms with Crippen LogP contribution in [0.1, 0.15) is 24.8 Å². The van der Waals surface area contributed by atoms with Gasteiger partial charge < -0.3 is 21.2 Å². The maximum absolute atomic E-state index is 7.39.